The Balaban J connectivity index is 1.63. The Morgan fingerprint density at radius 2 is 2.10 bits per heavy atom. The Kier molecular flexibility index (Phi) is 5.92. The zero-order valence-electron chi connectivity index (χ0n) is 15.6. The molecule has 29 heavy (non-hydrogen) atoms. The monoisotopic (exact) mass is 411 g/mol. The lowest BCUT2D eigenvalue weighted by molar-refractivity contribution is -0.138. The van der Waals surface area contributed by atoms with Gasteiger partial charge < -0.3 is 19.8 Å². The lowest BCUT2D eigenvalue weighted by atomic mass is 10.1. The van der Waals surface area contributed by atoms with Gasteiger partial charge in [0.1, 0.15) is 11.8 Å². The molecule has 0 unspecified atom stereocenters. The molecule has 0 spiro atoms. The Morgan fingerprint density at radius 1 is 1.34 bits per heavy atom. The Hall–Kier alpha value is -2.88. The molecule has 2 atom stereocenters. The smallest absolute Gasteiger partial charge is 0.391 e. The van der Waals surface area contributed by atoms with Crippen LogP contribution in [0.25, 0.3) is 0 Å². The third-order valence-corrected chi connectivity index (χ3v) is 4.63. The van der Waals surface area contributed by atoms with Crippen LogP contribution in [0, 0.1) is 6.92 Å². The zero-order chi connectivity index (χ0) is 21.2. The van der Waals surface area contributed by atoms with Crippen molar-refractivity contribution in [3.63, 3.8) is 0 Å². The molecule has 1 fully saturated rings. The van der Waals surface area contributed by atoms with Gasteiger partial charge in [-0.3, -0.25) is 9.59 Å². The van der Waals surface area contributed by atoms with Gasteiger partial charge >= 0.3 is 6.18 Å². The molecular weight excluding hydrogens is 391 g/mol. The summed E-state index contributed by atoms with van der Waals surface area (Å²) in [4.78, 5) is 26.3. The maximum absolute atomic E-state index is 12.8. The summed E-state index contributed by atoms with van der Waals surface area (Å²) < 4.78 is 43.4. The number of benzene rings is 1. The topological polar surface area (TPSA) is 95.7 Å². The maximum atomic E-state index is 12.8. The molecule has 2 heterocycles. The van der Waals surface area contributed by atoms with E-state index >= 15 is 0 Å². The van der Waals surface area contributed by atoms with Crippen LogP contribution in [0.1, 0.15) is 29.0 Å². The highest BCUT2D eigenvalue weighted by atomic mass is 19.4. The first-order valence-corrected chi connectivity index (χ1v) is 8.97. The van der Waals surface area contributed by atoms with Crippen LogP contribution in [-0.4, -0.2) is 45.7 Å². The summed E-state index contributed by atoms with van der Waals surface area (Å²) in [6.07, 6.45) is -5.39. The number of likely N-dealkylation sites (tertiary alicyclic amines) is 1. The van der Waals surface area contributed by atoms with Crippen LogP contribution in [0.3, 0.4) is 0 Å². The molecule has 1 aliphatic rings. The molecular formula is C19H20F3N3O4. The average Bonchev–Trinajstić information content (AvgIpc) is 3.24. The third kappa shape index (κ3) is 5.14. The fraction of sp³-hybridized carbons (Fsp3) is 0.421. The van der Waals surface area contributed by atoms with Gasteiger partial charge in [0.2, 0.25) is 11.8 Å². The standard InChI is InChI=1S/C19H20F3N3O4/c1-11-5-15(29-24-11)8-17(27)25-10-14(26)7-16(25)18(28)23-9-12-3-2-4-13(6-12)19(20,21)22/h2-6,14,16,26H,7-10H2,1H3,(H,23,28)/t14-,16+/m1/s1. The van der Waals surface area contributed by atoms with Crippen LogP contribution in [-0.2, 0) is 28.7 Å². The van der Waals surface area contributed by atoms with Crippen molar-refractivity contribution in [3.05, 3.63) is 52.9 Å². The van der Waals surface area contributed by atoms with Crippen LogP contribution in [0.15, 0.2) is 34.9 Å². The fourth-order valence-corrected chi connectivity index (χ4v) is 3.25. The van der Waals surface area contributed by atoms with Gasteiger partial charge in [0.05, 0.1) is 23.8 Å². The summed E-state index contributed by atoms with van der Waals surface area (Å²) in [5.41, 5.74) is 0.0889. The summed E-state index contributed by atoms with van der Waals surface area (Å²) in [5.74, 6) is -0.602. The number of aliphatic hydroxyl groups excluding tert-OH is 1. The second-order valence-electron chi connectivity index (χ2n) is 6.98. The number of halogens is 3. The van der Waals surface area contributed by atoms with Gasteiger partial charge in [-0.25, -0.2) is 0 Å². The summed E-state index contributed by atoms with van der Waals surface area (Å²) in [6, 6.07) is 5.33. The maximum Gasteiger partial charge on any atom is 0.416 e. The number of rotatable bonds is 5. The number of hydrogen-bond donors (Lipinski definition) is 2. The number of aryl methyl sites for hydroxylation is 1. The molecule has 1 aromatic carbocycles. The number of amides is 2. The molecule has 1 saturated heterocycles. The summed E-state index contributed by atoms with van der Waals surface area (Å²) in [6.45, 7) is 1.58. The SMILES string of the molecule is Cc1cc(CC(=O)N2C[C@H](O)C[C@H]2C(=O)NCc2cccc(C(F)(F)F)c2)on1. The van der Waals surface area contributed by atoms with Crippen LogP contribution in [0.4, 0.5) is 13.2 Å². The van der Waals surface area contributed by atoms with Crippen molar-refractivity contribution in [1.82, 2.24) is 15.4 Å². The second kappa shape index (κ2) is 8.24. The Labute approximate surface area is 164 Å². The van der Waals surface area contributed by atoms with Crippen molar-refractivity contribution in [3.8, 4) is 0 Å². The Bertz CT molecular complexity index is 897. The highest BCUT2D eigenvalue weighted by molar-refractivity contribution is 5.89. The minimum absolute atomic E-state index is 0.00635. The highest BCUT2D eigenvalue weighted by Gasteiger charge is 2.39. The van der Waals surface area contributed by atoms with Crippen molar-refractivity contribution < 1.29 is 32.4 Å². The van der Waals surface area contributed by atoms with Crippen LogP contribution in [0.5, 0.6) is 0 Å². The predicted octanol–water partition coefficient (Wildman–Crippen LogP) is 1.82. The van der Waals surface area contributed by atoms with E-state index in [0.29, 0.717) is 11.5 Å². The molecule has 1 aromatic heterocycles. The predicted molar refractivity (Wildman–Crippen MR) is 94.4 cm³/mol. The molecule has 2 N–H and O–H groups in total. The van der Waals surface area contributed by atoms with E-state index in [2.05, 4.69) is 10.5 Å². The summed E-state index contributed by atoms with van der Waals surface area (Å²) in [5, 5.41) is 16.2. The van der Waals surface area contributed by atoms with E-state index in [9.17, 15) is 27.9 Å². The molecule has 2 aromatic rings. The first kappa shape index (κ1) is 20.8. The van der Waals surface area contributed by atoms with Gasteiger partial charge in [-0.1, -0.05) is 17.3 Å². The number of carbonyl (C=O) groups excluding carboxylic acids is 2. The summed E-state index contributed by atoms with van der Waals surface area (Å²) >= 11 is 0. The van der Waals surface area contributed by atoms with Gasteiger partial charge in [-0.05, 0) is 24.6 Å². The van der Waals surface area contributed by atoms with Crippen LogP contribution >= 0.6 is 0 Å². The van der Waals surface area contributed by atoms with E-state index in [-0.39, 0.29) is 31.5 Å². The van der Waals surface area contributed by atoms with Crippen molar-refractivity contribution in [2.75, 3.05) is 6.54 Å². The van der Waals surface area contributed by atoms with Crippen LogP contribution in [0.2, 0.25) is 0 Å². The van der Waals surface area contributed by atoms with E-state index < -0.39 is 35.7 Å². The molecule has 0 saturated carbocycles. The minimum atomic E-state index is -4.47. The highest BCUT2D eigenvalue weighted by Crippen LogP contribution is 2.29. The summed E-state index contributed by atoms with van der Waals surface area (Å²) in [7, 11) is 0. The van der Waals surface area contributed by atoms with E-state index in [1.807, 2.05) is 0 Å². The Morgan fingerprint density at radius 3 is 2.76 bits per heavy atom. The molecule has 1 aliphatic heterocycles. The molecule has 0 aliphatic carbocycles. The van der Waals surface area contributed by atoms with E-state index in [0.717, 1.165) is 12.1 Å². The first-order valence-electron chi connectivity index (χ1n) is 8.97. The number of alkyl halides is 3. The molecule has 0 bridgehead atoms. The van der Waals surface area contributed by atoms with Crippen molar-refractivity contribution >= 4 is 11.8 Å². The average molecular weight is 411 g/mol. The molecule has 0 radical (unpaired) electrons. The number of aliphatic hydroxyl groups is 1. The normalized spacial score (nSPS) is 19.4. The molecule has 7 nitrogen and oxygen atoms in total. The first-order chi connectivity index (χ1) is 13.6. The third-order valence-electron chi connectivity index (χ3n) is 4.63. The lowest BCUT2D eigenvalue weighted by Gasteiger charge is -2.23. The van der Waals surface area contributed by atoms with E-state index in [1.165, 1.54) is 17.0 Å². The number of hydrogen-bond acceptors (Lipinski definition) is 5. The molecule has 10 heteroatoms. The van der Waals surface area contributed by atoms with Crippen molar-refractivity contribution in [1.29, 1.82) is 0 Å². The number of nitrogens with zero attached hydrogens (tertiary/aromatic N) is 2. The number of carbonyl (C=O) groups is 2. The zero-order valence-corrected chi connectivity index (χ0v) is 15.6. The van der Waals surface area contributed by atoms with Gasteiger partial charge in [0, 0.05) is 25.6 Å². The largest absolute Gasteiger partial charge is 0.416 e. The van der Waals surface area contributed by atoms with Gasteiger partial charge in [0.25, 0.3) is 0 Å². The van der Waals surface area contributed by atoms with Gasteiger partial charge in [-0.2, -0.15) is 13.2 Å². The number of nitrogens with one attached hydrogen (secondary N) is 1. The molecule has 3 rings (SSSR count). The van der Waals surface area contributed by atoms with Gasteiger partial charge in [0.15, 0.2) is 0 Å². The van der Waals surface area contributed by atoms with Crippen molar-refractivity contribution in [2.24, 2.45) is 0 Å². The second-order valence-corrected chi connectivity index (χ2v) is 6.98. The van der Waals surface area contributed by atoms with Crippen LogP contribution < -0.4 is 5.32 Å². The molecule has 2 amide bonds. The lowest BCUT2D eigenvalue weighted by Crippen LogP contribution is -2.46. The van der Waals surface area contributed by atoms with E-state index in [1.54, 1.807) is 13.0 Å². The molecule has 156 valence electrons. The fourth-order valence-electron chi connectivity index (χ4n) is 3.25. The minimum Gasteiger partial charge on any atom is -0.391 e. The van der Waals surface area contributed by atoms with Gasteiger partial charge in [-0.15, -0.1) is 0 Å². The van der Waals surface area contributed by atoms with Crippen molar-refractivity contribution in [2.45, 2.75) is 44.6 Å². The number of β-amino-alcohol motifs (C(OH)–C–C–N with tert-alkyl or cyclic N) is 1. The quantitative estimate of drug-likeness (QED) is 0.783. The number of aromatic nitrogens is 1. The van der Waals surface area contributed by atoms with E-state index in [4.69, 9.17) is 4.52 Å².